The minimum atomic E-state index is -0.0360. The Labute approximate surface area is 198 Å². The van der Waals surface area contributed by atoms with Crippen molar-refractivity contribution in [2.45, 2.75) is 53.0 Å². The number of aryl methyl sites for hydroxylation is 3. The molecule has 176 valence electrons. The Kier molecular flexibility index (Phi) is 7.18. The molecule has 0 aliphatic carbocycles. The summed E-state index contributed by atoms with van der Waals surface area (Å²) in [6.45, 7) is 13.2. The molecule has 2 aliphatic heterocycles. The monoisotopic (exact) mass is 447 g/mol. The molecule has 2 aromatic rings. The maximum absolute atomic E-state index is 13.4. The average molecular weight is 448 g/mol. The van der Waals surface area contributed by atoms with Gasteiger partial charge in [0.05, 0.1) is 5.92 Å². The Hall–Kier alpha value is -2.66. The van der Waals surface area contributed by atoms with E-state index >= 15 is 0 Å². The van der Waals surface area contributed by atoms with Crippen LogP contribution in [0.2, 0.25) is 0 Å². The maximum atomic E-state index is 13.4. The van der Waals surface area contributed by atoms with E-state index in [1.807, 2.05) is 31.2 Å². The molecule has 0 radical (unpaired) electrons. The summed E-state index contributed by atoms with van der Waals surface area (Å²) in [6.07, 6.45) is 1.98. The van der Waals surface area contributed by atoms with E-state index in [0.29, 0.717) is 23.9 Å². The number of nitrogens with zero attached hydrogens (tertiary/aromatic N) is 2. The fourth-order valence-electron chi connectivity index (χ4n) is 5.21. The molecule has 5 heteroatoms. The number of fused-ring (bicyclic) bond motifs is 1. The van der Waals surface area contributed by atoms with Gasteiger partial charge in [-0.05, 0) is 80.5 Å². The Morgan fingerprint density at radius 2 is 1.76 bits per heavy atom. The topological polar surface area (TPSA) is 52.7 Å². The number of carbonyl (C=O) groups is 2. The molecule has 4 rings (SSSR count). The van der Waals surface area contributed by atoms with E-state index in [1.54, 1.807) is 0 Å². The SMILES string of the molecule is Cc1ccc(C(=O)NCCN2CCCC(C(=O)N3Cc4cc(C)c(C)cc4C(C)C3)C2)cc1. The van der Waals surface area contributed by atoms with Crippen LogP contribution in [0.3, 0.4) is 0 Å². The summed E-state index contributed by atoms with van der Waals surface area (Å²) in [5.41, 5.74) is 7.17. The standard InChI is InChI=1S/C28H37N3O2/c1-19-7-9-23(10-8-19)27(32)29-11-13-30-12-5-6-24(17-30)28(33)31-16-22(4)26-15-21(3)20(2)14-25(26)18-31/h7-10,14-15,22,24H,5-6,11-13,16-18H2,1-4H3,(H,29,32). The summed E-state index contributed by atoms with van der Waals surface area (Å²) >= 11 is 0. The highest BCUT2D eigenvalue weighted by Crippen LogP contribution is 2.32. The third-order valence-electron chi connectivity index (χ3n) is 7.34. The highest BCUT2D eigenvalue weighted by Gasteiger charge is 2.33. The number of nitrogens with one attached hydrogen (secondary N) is 1. The third kappa shape index (κ3) is 5.47. The van der Waals surface area contributed by atoms with Crippen LogP contribution in [0.1, 0.15) is 63.9 Å². The smallest absolute Gasteiger partial charge is 0.251 e. The van der Waals surface area contributed by atoms with E-state index in [2.05, 4.69) is 48.0 Å². The van der Waals surface area contributed by atoms with Crippen molar-refractivity contribution in [3.8, 4) is 0 Å². The number of likely N-dealkylation sites (tertiary alicyclic amines) is 1. The molecular formula is C28H37N3O2. The molecule has 2 amide bonds. The molecule has 0 saturated carbocycles. The number of carbonyl (C=O) groups excluding carboxylic acids is 2. The molecule has 5 nitrogen and oxygen atoms in total. The third-order valence-corrected chi connectivity index (χ3v) is 7.34. The highest BCUT2D eigenvalue weighted by atomic mass is 16.2. The van der Waals surface area contributed by atoms with Crippen LogP contribution in [0.4, 0.5) is 0 Å². The summed E-state index contributed by atoms with van der Waals surface area (Å²) in [6, 6.07) is 12.2. The molecular weight excluding hydrogens is 410 g/mol. The number of rotatable bonds is 5. The first-order chi connectivity index (χ1) is 15.8. The summed E-state index contributed by atoms with van der Waals surface area (Å²) in [4.78, 5) is 30.2. The lowest BCUT2D eigenvalue weighted by Gasteiger charge is -2.38. The molecule has 1 fully saturated rings. The number of hydrogen-bond donors (Lipinski definition) is 1. The van der Waals surface area contributed by atoms with Crippen LogP contribution in [-0.2, 0) is 11.3 Å². The lowest BCUT2D eigenvalue weighted by atomic mass is 9.87. The molecule has 2 unspecified atom stereocenters. The van der Waals surface area contributed by atoms with Gasteiger partial charge in [0.25, 0.3) is 5.91 Å². The van der Waals surface area contributed by atoms with Gasteiger partial charge < -0.3 is 15.1 Å². The van der Waals surface area contributed by atoms with Gasteiger partial charge in [0.1, 0.15) is 0 Å². The van der Waals surface area contributed by atoms with Gasteiger partial charge in [-0.25, -0.2) is 0 Å². The molecule has 2 aliphatic rings. The first kappa shape index (κ1) is 23.5. The van der Waals surface area contributed by atoms with Crippen LogP contribution >= 0.6 is 0 Å². The van der Waals surface area contributed by atoms with Crippen LogP contribution in [0.25, 0.3) is 0 Å². The van der Waals surface area contributed by atoms with Crippen LogP contribution < -0.4 is 5.32 Å². The van der Waals surface area contributed by atoms with Crippen LogP contribution in [0.5, 0.6) is 0 Å². The van der Waals surface area contributed by atoms with Crippen molar-refractivity contribution in [1.82, 2.24) is 15.1 Å². The zero-order valence-electron chi connectivity index (χ0n) is 20.5. The predicted octanol–water partition coefficient (Wildman–Crippen LogP) is 4.20. The summed E-state index contributed by atoms with van der Waals surface area (Å²) in [5.74, 6) is 0.672. The normalized spacial score (nSPS) is 20.9. The Bertz CT molecular complexity index is 1010. The van der Waals surface area contributed by atoms with E-state index in [0.717, 1.165) is 51.1 Å². The van der Waals surface area contributed by atoms with Crippen molar-refractivity contribution < 1.29 is 9.59 Å². The summed E-state index contributed by atoms with van der Waals surface area (Å²) < 4.78 is 0. The first-order valence-electron chi connectivity index (χ1n) is 12.3. The Morgan fingerprint density at radius 1 is 1.03 bits per heavy atom. The molecule has 0 aromatic heterocycles. The zero-order chi connectivity index (χ0) is 23.5. The van der Waals surface area contributed by atoms with Crippen LogP contribution in [0, 0.1) is 26.7 Å². The van der Waals surface area contributed by atoms with Crippen molar-refractivity contribution in [2.24, 2.45) is 5.92 Å². The molecule has 1 saturated heterocycles. The van der Waals surface area contributed by atoms with Gasteiger partial charge in [0, 0.05) is 38.3 Å². The van der Waals surface area contributed by atoms with Gasteiger partial charge in [0.15, 0.2) is 0 Å². The van der Waals surface area contributed by atoms with Crippen molar-refractivity contribution in [1.29, 1.82) is 0 Å². The van der Waals surface area contributed by atoms with Gasteiger partial charge >= 0.3 is 0 Å². The lowest BCUT2D eigenvalue weighted by molar-refractivity contribution is -0.138. The fourth-order valence-corrected chi connectivity index (χ4v) is 5.21. The van der Waals surface area contributed by atoms with E-state index in [4.69, 9.17) is 0 Å². The van der Waals surface area contributed by atoms with E-state index in [1.165, 1.54) is 22.3 Å². The first-order valence-corrected chi connectivity index (χ1v) is 12.3. The molecule has 2 heterocycles. The molecule has 0 spiro atoms. The van der Waals surface area contributed by atoms with Crippen molar-refractivity contribution in [3.63, 3.8) is 0 Å². The highest BCUT2D eigenvalue weighted by molar-refractivity contribution is 5.94. The number of benzene rings is 2. The zero-order valence-corrected chi connectivity index (χ0v) is 20.5. The molecule has 2 aromatic carbocycles. The Morgan fingerprint density at radius 3 is 2.52 bits per heavy atom. The maximum Gasteiger partial charge on any atom is 0.251 e. The van der Waals surface area contributed by atoms with Crippen molar-refractivity contribution in [3.05, 3.63) is 69.8 Å². The minimum Gasteiger partial charge on any atom is -0.351 e. The second kappa shape index (κ2) is 10.1. The van der Waals surface area contributed by atoms with E-state index in [-0.39, 0.29) is 11.8 Å². The largest absolute Gasteiger partial charge is 0.351 e. The second-order valence-electron chi connectivity index (χ2n) is 10.0. The average Bonchev–Trinajstić information content (AvgIpc) is 2.80. The van der Waals surface area contributed by atoms with Gasteiger partial charge in [0.2, 0.25) is 5.91 Å². The number of amides is 2. The summed E-state index contributed by atoms with van der Waals surface area (Å²) in [7, 11) is 0. The van der Waals surface area contributed by atoms with Gasteiger partial charge in [-0.3, -0.25) is 9.59 Å². The minimum absolute atomic E-state index is 0.0360. The fraction of sp³-hybridized carbons (Fsp3) is 0.500. The molecule has 33 heavy (non-hydrogen) atoms. The molecule has 2 atom stereocenters. The van der Waals surface area contributed by atoms with Crippen molar-refractivity contribution in [2.75, 3.05) is 32.7 Å². The number of piperidine rings is 1. The predicted molar refractivity (Wildman–Crippen MR) is 132 cm³/mol. The second-order valence-corrected chi connectivity index (χ2v) is 10.0. The van der Waals surface area contributed by atoms with Crippen LogP contribution in [0.15, 0.2) is 36.4 Å². The Balaban J connectivity index is 1.30. The number of hydrogen-bond acceptors (Lipinski definition) is 3. The van der Waals surface area contributed by atoms with Gasteiger partial charge in [-0.15, -0.1) is 0 Å². The van der Waals surface area contributed by atoms with E-state index < -0.39 is 0 Å². The lowest BCUT2D eigenvalue weighted by Crippen LogP contribution is -2.48. The summed E-state index contributed by atoms with van der Waals surface area (Å²) in [5, 5.41) is 3.02. The quantitative estimate of drug-likeness (QED) is 0.747. The molecule has 0 bridgehead atoms. The van der Waals surface area contributed by atoms with Gasteiger partial charge in [-0.1, -0.05) is 36.8 Å². The molecule has 1 N–H and O–H groups in total. The van der Waals surface area contributed by atoms with E-state index in [9.17, 15) is 9.59 Å². The van der Waals surface area contributed by atoms with Crippen LogP contribution in [-0.4, -0.2) is 54.3 Å². The van der Waals surface area contributed by atoms with Gasteiger partial charge in [-0.2, -0.15) is 0 Å². The van der Waals surface area contributed by atoms with Crippen molar-refractivity contribution >= 4 is 11.8 Å².